The third-order valence-electron chi connectivity index (χ3n) is 7.34. The smallest absolute Gasteiger partial charge is 0.240 e. The number of aryl methyl sites for hydroxylation is 2. The molecule has 2 bridgehead atoms. The Morgan fingerprint density at radius 1 is 1.21 bits per heavy atom. The van der Waals surface area contributed by atoms with Gasteiger partial charge in [-0.05, 0) is 63.5 Å². The second kappa shape index (κ2) is 9.92. The number of aromatic nitrogens is 6. The van der Waals surface area contributed by atoms with Gasteiger partial charge in [0.2, 0.25) is 11.8 Å². The Hall–Kier alpha value is -3.63. The number of hydrogen-bond acceptors (Lipinski definition) is 7. The first-order valence-electron chi connectivity index (χ1n) is 13.4. The topological polar surface area (TPSA) is 106 Å². The number of nitrogens with zero attached hydrogens (tertiary/aromatic N) is 6. The van der Waals surface area contributed by atoms with Crippen molar-refractivity contribution in [1.82, 2.24) is 34.7 Å². The lowest BCUT2D eigenvalue weighted by Crippen LogP contribution is -2.36. The minimum atomic E-state index is -0.0675. The van der Waals surface area contributed by atoms with Crippen molar-refractivity contribution in [2.75, 3.05) is 19.8 Å². The number of aliphatic hydroxyl groups is 1. The summed E-state index contributed by atoms with van der Waals surface area (Å²) in [5.74, 6) is 1.35. The van der Waals surface area contributed by atoms with Gasteiger partial charge in [-0.1, -0.05) is 6.07 Å². The summed E-state index contributed by atoms with van der Waals surface area (Å²) in [5.41, 5.74) is 6.71. The number of nitrogens with one attached hydrogen (secondary N) is 1. The fourth-order valence-electron chi connectivity index (χ4n) is 5.46. The molecule has 6 rings (SSSR count). The molecule has 0 radical (unpaired) electrons. The highest BCUT2D eigenvalue weighted by atomic mass is 16.5. The maximum atomic E-state index is 9.80. The van der Waals surface area contributed by atoms with Crippen LogP contribution < -0.4 is 9.47 Å². The maximum absolute atomic E-state index is 9.80. The van der Waals surface area contributed by atoms with Crippen LogP contribution in [0.2, 0.25) is 0 Å². The van der Waals surface area contributed by atoms with Crippen molar-refractivity contribution in [3.8, 4) is 22.9 Å². The van der Waals surface area contributed by atoms with Crippen LogP contribution in [0, 0.1) is 6.92 Å². The van der Waals surface area contributed by atoms with Gasteiger partial charge in [0.1, 0.15) is 6.10 Å². The highest BCUT2D eigenvalue weighted by molar-refractivity contribution is 5.93. The van der Waals surface area contributed by atoms with E-state index in [1.807, 2.05) is 42.4 Å². The minimum Gasteiger partial charge on any atom is -0.476 e. The highest BCUT2D eigenvalue weighted by Crippen LogP contribution is 2.37. The largest absolute Gasteiger partial charge is 0.476 e. The number of benzene rings is 1. The summed E-state index contributed by atoms with van der Waals surface area (Å²) >= 11 is 0. The molecule has 38 heavy (non-hydrogen) atoms. The molecule has 0 spiro atoms. The Morgan fingerprint density at radius 2 is 2.05 bits per heavy atom. The van der Waals surface area contributed by atoms with Crippen molar-refractivity contribution in [1.29, 1.82) is 0 Å². The summed E-state index contributed by atoms with van der Waals surface area (Å²) in [6.45, 7) is 8.46. The van der Waals surface area contributed by atoms with Crippen LogP contribution in [-0.2, 0) is 20.1 Å². The van der Waals surface area contributed by atoms with Gasteiger partial charge >= 0.3 is 0 Å². The van der Waals surface area contributed by atoms with Gasteiger partial charge < -0.3 is 14.6 Å². The number of H-pyrrole nitrogens is 1. The quantitative estimate of drug-likeness (QED) is 0.415. The second-order valence-electron chi connectivity index (χ2n) is 10.2. The molecule has 4 heterocycles. The zero-order valence-corrected chi connectivity index (χ0v) is 22.4. The first kappa shape index (κ1) is 24.7. The molecular weight excluding hydrogens is 482 g/mol. The van der Waals surface area contributed by atoms with E-state index in [9.17, 15) is 5.11 Å². The summed E-state index contributed by atoms with van der Waals surface area (Å²) < 4.78 is 16.3. The van der Waals surface area contributed by atoms with Gasteiger partial charge in [-0.2, -0.15) is 10.2 Å². The van der Waals surface area contributed by atoms with Crippen LogP contribution in [-0.4, -0.2) is 71.7 Å². The van der Waals surface area contributed by atoms with Crippen molar-refractivity contribution in [2.45, 2.75) is 58.8 Å². The fraction of sp³-hybridized carbons (Fsp3) is 0.464. The molecule has 10 nitrogen and oxygen atoms in total. The zero-order valence-electron chi connectivity index (χ0n) is 22.4. The first-order chi connectivity index (χ1) is 18.5. The molecule has 1 fully saturated rings. The van der Waals surface area contributed by atoms with E-state index < -0.39 is 0 Å². The van der Waals surface area contributed by atoms with Crippen LogP contribution in [0.4, 0.5) is 0 Å². The van der Waals surface area contributed by atoms with Gasteiger partial charge in [0.15, 0.2) is 0 Å². The highest BCUT2D eigenvalue weighted by Gasteiger charge is 2.33. The Balaban J connectivity index is 1.54. The molecule has 1 saturated carbocycles. The van der Waals surface area contributed by atoms with Crippen LogP contribution in [0.3, 0.4) is 0 Å². The van der Waals surface area contributed by atoms with Crippen LogP contribution in [0.1, 0.15) is 49.3 Å². The van der Waals surface area contributed by atoms with Crippen LogP contribution in [0.15, 0.2) is 18.2 Å². The lowest BCUT2D eigenvalue weighted by atomic mass is 10.0. The summed E-state index contributed by atoms with van der Waals surface area (Å²) in [5, 5.41) is 28.0. The van der Waals surface area contributed by atoms with Gasteiger partial charge in [-0.15, -0.1) is 5.10 Å². The van der Waals surface area contributed by atoms with E-state index in [4.69, 9.17) is 19.7 Å². The number of ether oxygens (including phenoxy) is 2. The number of hydrogen-bond donors (Lipinski definition) is 2. The third kappa shape index (κ3) is 4.48. The number of rotatable bonds is 5. The third-order valence-corrected chi connectivity index (χ3v) is 7.34. The molecule has 2 aliphatic rings. The first-order valence-corrected chi connectivity index (χ1v) is 13.4. The van der Waals surface area contributed by atoms with Gasteiger partial charge in [-0.3, -0.25) is 14.7 Å². The maximum Gasteiger partial charge on any atom is 0.240 e. The predicted octanol–water partition coefficient (Wildman–Crippen LogP) is 3.78. The molecule has 0 saturated heterocycles. The lowest BCUT2D eigenvalue weighted by molar-refractivity contribution is 0.125. The standard InChI is InChI=1S/C28H35N7O3/c1-5-37-27-21-9-11-24-22-14-19(6-10-23(22)29-30-24)26-18(3)31-33(4)28(26)38-17(2)15-34(20-7-8-20)16-25(21)35(32-27)12-13-36/h6,9-11,14,17,20,36H,5,7-8,12-13,15-16H2,1-4H3,(H,29,30)/b11-9+/t17-/m1/s1. The molecule has 1 atom stereocenters. The molecule has 0 unspecified atom stereocenters. The van der Waals surface area contributed by atoms with Crippen LogP contribution >= 0.6 is 0 Å². The van der Waals surface area contributed by atoms with E-state index in [-0.39, 0.29) is 12.7 Å². The Kier molecular flexibility index (Phi) is 6.45. The number of aliphatic hydroxyl groups excluding tert-OH is 1. The van der Waals surface area contributed by atoms with Crippen molar-refractivity contribution in [3.05, 3.63) is 40.8 Å². The molecule has 1 aromatic carbocycles. The zero-order chi connectivity index (χ0) is 26.4. The predicted molar refractivity (Wildman–Crippen MR) is 146 cm³/mol. The summed E-state index contributed by atoms with van der Waals surface area (Å²) in [4.78, 5) is 2.47. The summed E-state index contributed by atoms with van der Waals surface area (Å²) in [6, 6.07) is 6.75. The molecule has 200 valence electrons. The average molecular weight is 518 g/mol. The Bertz CT molecular complexity index is 1490. The van der Waals surface area contributed by atoms with Gasteiger partial charge in [0, 0.05) is 31.6 Å². The van der Waals surface area contributed by atoms with Crippen molar-refractivity contribution in [2.24, 2.45) is 7.05 Å². The van der Waals surface area contributed by atoms with Crippen molar-refractivity contribution in [3.63, 3.8) is 0 Å². The SMILES string of the molecule is CCOc1nn(CCO)c2c1/C=C/c1[nH]nc3ccc(cc13)-c1c(C)nn(C)c1O[C@H](C)CN(C1CC1)C2. The normalized spacial score (nSPS) is 19.0. The van der Waals surface area contributed by atoms with E-state index in [1.165, 1.54) is 12.8 Å². The molecule has 1 aliphatic heterocycles. The average Bonchev–Trinajstić information content (AvgIpc) is 3.51. The molecule has 1 aliphatic carbocycles. The van der Waals surface area contributed by atoms with Gasteiger partial charge in [-0.25, -0.2) is 4.68 Å². The molecule has 4 aromatic rings. The molecule has 2 N–H and O–H groups in total. The van der Waals surface area contributed by atoms with Crippen LogP contribution in [0.25, 0.3) is 34.2 Å². The number of aromatic amines is 1. The van der Waals surface area contributed by atoms with Crippen molar-refractivity contribution >= 4 is 23.1 Å². The molecule has 3 aromatic heterocycles. The molecule has 10 heteroatoms. The number of fused-ring (bicyclic) bond motifs is 4. The lowest BCUT2D eigenvalue weighted by Gasteiger charge is -2.27. The fourth-order valence-corrected chi connectivity index (χ4v) is 5.46. The van der Waals surface area contributed by atoms with Gasteiger partial charge in [0.25, 0.3) is 0 Å². The van der Waals surface area contributed by atoms with Crippen molar-refractivity contribution < 1.29 is 14.6 Å². The van der Waals surface area contributed by atoms with Gasteiger partial charge in [0.05, 0.1) is 53.5 Å². The molecule has 0 amide bonds. The van der Waals surface area contributed by atoms with E-state index in [0.29, 0.717) is 31.6 Å². The van der Waals surface area contributed by atoms with E-state index in [1.54, 1.807) is 0 Å². The Morgan fingerprint density at radius 3 is 2.82 bits per heavy atom. The molecular formula is C28H35N7O3. The summed E-state index contributed by atoms with van der Waals surface area (Å²) in [6.07, 6.45) is 6.37. The monoisotopic (exact) mass is 517 g/mol. The van der Waals surface area contributed by atoms with E-state index >= 15 is 0 Å². The Labute approximate surface area is 221 Å². The minimum absolute atomic E-state index is 0.00290. The van der Waals surface area contributed by atoms with Crippen LogP contribution in [0.5, 0.6) is 11.8 Å². The second-order valence-corrected chi connectivity index (χ2v) is 10.2. The van der Waals surface area contributed by atoms with E-state index in [2.05, 4.69) is 40.2 Å². The van der Waals surface area contributed by atoms with E-state index in [0.717, 1.165) is 57.1 Å². The summed E-state index contributed by atoms with van der Waals surface area (Å²) in [7, 11) is 1.94.